The summed E-state index contributed by atoms with van der Waals surface area (Å²) in [6, 6.07) is 23.5. The molecular formula is C52H60N8O7. The summed E-state index contributed by atoms with van der Waals surface area (Å²) >= 11 is 0. The zero-order valence-electron chi connectivity index (χ0n) is 38.9. The van der Waals surface area contributed by atoms with Crippen molar-refractivity contribution >= 4 is 43.6 Å². The molecule has 2 aliphatic heterocycles. The quantitative estimate of drug-likeness (QED) is 0.0834. The van der Waals surface area contributed by atoms with E-state index in [2.05, 4.69) is 45.8 Å². The van der Waals surface area contributed by atoms with E-state index >= 15 is 0 Å². The number of aryl methyl sites for hydroxylation is 1. The second-order valence-electron chi connectivity index (χ2n) is 17.2. The fourth-order valence-electron chi connectivity index (χ4n) is 8.88. The van der Waals surface area contributed by atoms with Crippen molar-refractivity contribution in [1.29, 1.82) is 0 Å². The normalized spacial score (nSPS) is 14.9. The van der Waals surface area contributed by atoms with Gasteiger partial charge in [-0.2, -0.15) is 0 Å². The Balaban J connectivity index is 0.000000169. The molecule has 15 heteroatoms. The molecule has 0 saturated carbocycles. The summed E-state index contributed by atoms with van der Waals surface area (Å²) in [5.74, 6) is 5.59. The van der Waals surface area contributed by atoms with Crippen molar-refractivity contribution in [3.8, 4) is 46.3 Å². The van der Waals surface area contributed by atoms with E-state index in [0.717, 1.165) is 101 Å². The molecule has 2 fully saturated rings. The predicted molar refractivity (Wildman–Crippen MR) is 261 cm³/mol. The van der Waals surface area contributed by atoms with Crippen LogP contribution in [0, 0.1) is 12.8 Å². The number of piperidine rings is 2. The molecule has 0 aliphatic carbocycles. The molecule has 4 aromatic heterocycles. The minimum Gasteiger partial charge on any atom is -0.493 e. The van der Waals surface area contributed by atoms with E-state index in [1.807, 2.05) is 79.9 Å². The van der Waals surface area contributed by atoms with Gasteiger partial charge in [0.05, 0.1) is 55.8 Å². The summed E-state index contributed by atoms with van der Waals surface area (Å²) in [6.45, 7) is 10.7. The molecule has 67 heavy (non-hydrogen) atoms. The van der Waals surface area contributed by atoms with Crippen molar-refractivity contribution in [1.82, 2.24) is 39.7 Å². The van der Waals surface area contributed by atoms with Crippen LogP contribution in [0.25, 0.3) is 43.6 Å². The highest BCUT2D eigenvalue weighted by Gasteiger charge is 2.21. The van der Waals surface area contributed by atoms with E-state index in [1.54, 1.807) is 21.3 Å². The van der Waals surface area contributed by atoms with Crippen LogP contribution in [0.4, 0.5) is 0 Å². The van der Waals surface area contributed by atoms with E-state index in [4.69, 9.17) is 33.2 Å². The summed E-state index contributed by atoms with van der Waals surface area (Å²) in [5.41, 5.74) is 4.75. The summed E-state index contributed by atoms with van der Waals surface area (Å²) < 4.78 is 41.0. The maximum Gasteiger partial charge on any atom is 0.230 e. The number of methoxy groups -OCH3 is 3. The zero-order chi connectivity index (χ0) is 46.0. The molecule has 6 heterocycles. The first kappa shape index (κ1) is 45.5. The number of H-pyrrole nitrogens is 2. The summed E-state index contributed by atoms with van der Waals surface area (Å²) in [6.07, 6.45) is 12.1. The van der Waals surface area contributed by atoms with Crippen LogP contribution < -0.4 is 28.4 Å². The van der Waals surface area contributed by atoms with Crippen LogP contribution in [0.5, 0.6) is 46.3 Å². The molecule has 10 rings (SSSR count). The topological polar surface area (TPSA) is 154 Å². The van der Waals surface area contributed by atoms with Crippen LogP contribution in [0.3, 0.4) is 0 Å². The van der Waals surface area contributed by atoms with Crippen molar-refractivity contribution in [3.63, 3.8) is 0 Å². The molecule has 2 saturated heterocycles. The Kier molecular flexibility index (Phi) is 14.8. The van der Waals surface area contributed by atoms with Gasteiger partial charge in [0.25, 0.3) is 0 Å². The number of nitrogens with zero attached hydrogens (tertiary/aromatic N) is 6. The van der Waals surface area contributed by atoms with E-state index in [0.29, 0.717) is 65.4 Å². The van der Waals surface area contributed by atoms with Crippen molar-refractivity contribution < 1.29 is 33.2 Å². The first-order valence-corrected chi connectivity index (χ1v) is 23.3. The van der Waals surface area contributed by atoms with Gasteiger partial charge in [0.15, 0.2) is 23.0 Å². The largest absolute Gasteiger partial charge is 0.493 e. The van der Waals surface area contributed by atoms with E-state index in [1.165, 1.54) is 45.0 Å². The lowest BCUT2D eigenvalue weighted by Gasteiger charge is -2.31. The lowest BCUT2D eigenvalue weighted by Crippen LogP contribution is -2.37. The van der Waals surface area contributed by atoms with Gasteiger partial charge >= 0.3 is 0 Å². The van der Waals surface area contributed by atoms with Gasteiger partial charge in [0, 0.05) is 66.0 Å². The molecule has 15 nitrogen and oxygen atoms in total. The predicted octanol–water partition coefficient (Wildman–Crippen LogP) is 10.1. The standard InChI is InChI=1S/C27H32N4O4.C25H28N4O3/c1-18-12-20-13-21(4-5-23(20)30-18)35-27-22-14-25(33-3)26(15-24(22)28-17-29-27)34-16-19-6-8-31(9-7-19)10-11-32-2;1-30-23-15-20-22(16-24(23)31-13-5-12-29-10-3-2-4-11-29)27-17-28-25(20)32-19-6-7-21-18(14-19)8-9-26-21/h4-5,12-15,17,19,30H,6-11,16H2,1-3H3;6-9,14-17,26H,2-5,10-13H2,1H3. The monoisotopic (exact) mass is 908 g/mol. The Morgan fingerprint density at radius 1 is 0.597 bits per heavy atom. The highest BCUT2D eigenvalue weighted by atomic mass is 16.5. The number of nitrogens with one attached hydrogen (secondary N) is 2. The Morgan fingerprint density at radius 3 is 1.88 bits per heavy atom. The van der Waals surface area contributed by atoms with Crippen LogP contribution in [0.2, 0.25) is 0 Å². The van der Waals surface area contributed by atoms with Crippen molar-refractivity contribution in [2.24, 2.45) is 5.92 Å². The van der Waals surface area contributed by atoms with Gasteiger partial charge < -0.3 is 52.9 Å². The summed E-state index contributed by atoms with van der Waals surface area (Å²) in [4.78, 5) is 29.1. The van der Waals surface area contributed by atoms with E-state index < -0.39 is 0 Å². The van der Waals surface area contributed by atoms with Gasteiger partial charge in [-0.25, -0.2) is 19.9 Å². The molecule has 0 radical (unpaired) electrons. The van der Waals surface area contributed by atoms with Crippen molar-refractivity contribution in [2.45, 2.75) is 45.4 Å². The number of fused-ring (bicyclic) bond motifs is 4. The average Bonchev–Trinajstić information content (AvgIpc) is 3.99. The van der Waals surface area contributed by atoms with Gasteiger partial charge in [-0.1, -0.05) is 6.42 Å². The third-order valence-corrected chi connectivity index (χ3v) is 12.6. The lowest BCUT2D eigenvalue weighted by atomic mass is 9.98. The van der Waals surface area contributed by atoms with Crippen molar-refractivity contribution in [2.75, 3.05) is 80.4 Å². The molecular weight excluding hydrogens is 849 g/mol. The Morgan fingerprint density at radius 2 is 1.22 bits per heavy atom. The maximum atomic E-state index is 6.23. The first-order valence-electron chi connectivity index (χ1n) is 23.3. The summed E-state index contributed by atoms with van der Waals surface area (Å²) in [5, 5.41) is 3.72. The molecule has 2 aliphatic rings. The third-order valence-electron chi connectivity index (χ3n) is 12.6. The number of rotatable bonds is 17. The third kappa shape index (κ3) is 11.3. The van der Waals surface area contributed by atoms with E-state index in [-0.39, 0.29) is 0 Å². The van der Waals surface area contributed by atoms with Crippen molar-refractivity contribution in [3.05, 3.63) is 97.3 Å². The molecule has 350 valence electrons. The van der Waals surface area contributed by atoms with Crippen LogP contribution in [-0.2, 0) is 4.74 Å². The van der Waals surface area contributed by atoms with Gasteiger partial charge in [0.2, 0.25) is 11.8 Å². The maximum absolute atomic E-state index is 6.23. The van der Waals surface area contributed by atoms with Gasteiger partial charge in [-0.05, 0) is 132 Å². The van der Waals surface area contributed by atoms with E-state index in [9.17, 15) is 0 Å². The minimum atomic E-state index is 0.481. The summed E-state index contributed by atoms with van der Waals surface area (Å²) in [7, 11) is 5.04. The Bertz CT molecular complexity index is 2890. The van der Waals surface area contributed by atoms with Crippen LogP contribution >= 0.6 is 0 Å². The SMILES string of the molecule is COCCN1CCC(COc2cc3ncnc(Oc4ccc5[nH]c(C)cc5c4)c3cc2OC)CC1.COc1cc2c(Oc3ccc4[nH]ccc4c3)ncnc2cc1OCCCN1CCCCC1. The number of benzene rings is 4. The average molecular weight is 909 g/mol. The lowest BCUT2D eigenvalue weighted by molar-refractivity contribution is 0.104. The molecule has 0 unspecified atom stereocenters. The second-order valence-corrected chi connectivity index (χ2v) is 17.2. The molecule has 0 bridgehead atoms. The minimum absolute atomic E-state index is 0.481. The fraction of sp³-hybridized carbons (Fsp3) is 0.385. The highest BCUT2D eigenvalue weighted by Crippen LogP contribution is 2.38. The molecule has 8 aromatic rings. The van der Waals surface area contributed by atoms with Crippen LogP contribution in [0.1, 0.15) is 44.2 Å². The number of ether oxygens (including phenoxy) is 7. The van der Waals surface area contributed by atoms with Gasteiger partial charge in [0.1, 0.15) is 24.2 Å². The second kappa shape index (κ2) is 21.7. The first-order chi connectivity index (χ1) is 32.9. The molecule has 4 aromatic carbocycles. The Labute approximate surface area is 390 Å². The highest BCUT2D eigenvalue weighted by molar-refractivity contribution is 5.89. The van der Waals surface area contributed by atoms with Crippen LogP contribution in [-0.4, -0.2) is 120 Å². The number of aromatic amines is 2. The van der Waals surface area contributed by atoms with Gasteiger partial charge in [-0.3, -0.25) is 0 Å². The molecule has 0 amide bonds. The van der Waals surface area contributed by atoms with Gasteiger partial charge in [-0.15, -0.1) is 0 Å². The zero-order valence-corrected chi connectivity index (χ0v) is 38.9. The smallest absolute Gasteiger partial charge is 0.230 e. The van der Waals surface area contributed by atoms with Crippen LogP contribution in [0.15, 0.2) is 91.6 Å². The molecule has 2 N–H and O–H groups in total. The Hall–Kier alpha value is -6.68. The molecule has 0 atom stereocenters. The number of aromatic nitrogens is 6. The number of hydrogen-bond donors (Lipinski definition) is 2. The number of likely N-dealkylation sites (tertiary alicyclic amines) is 2. The fourth-order valence-corrected chi connectivity index (χ4v) is 8.88. The molecule has 0 spiro atoms. The number of hydrogen-bond acceptors (Lipinski definition) is 13.